The van der Waals surface area contributed by atoms with Crippen molar-refractivity contribution in [2.45, 2.75) is 52.9 Å². The van der Waals surface area contributed by atoms with Gasteiger partial charge in [-0.2, -0.15) is 0 Å². The van der Waals surface area contributed by atoms with Crippen molar-refractivity contribution in [2.75, 3.05) is 0 Å². The molecule has 17 heavy (non-hydrogen) atoms. The van der Waals surface area contributed by atoms with Gasteiger partial charge in [-0.15, -0.1) is 10.2 Å². The number of carboxylic acid groups (broad SMARTS) is 1. The second-order valence-electron chi connectivity index (χ2n) is 5.10. The van der Waals surface area contributed by atoms with Crippen LogP contribution in [0.5, 0.6) is 0 Å². The SMILES string of the molecule is CCCCc1nnc(CC(C)(C)CC(=O)O)o1. The molecule has 0 saturated heterocycles. The van der Waals surface area contributed by atoms with Crippen LogP contribution in [-0.4, -0.2) is 21.3 Å². The zero-order valence-corrected chi connectivity index (χ0v) is 10.7. The lowest BCUT2D eigenvalue weighted by Gasteiger charge is -2.19. The van der Waals surface area contributed by atoms with Crippen LogP contribution in [0.25, 0.3) is 0 Å². The average Bonchev–Trinajstić information content (AvgIpc) is 2.59. The molecule has 0 aliphatic rings. The Kier molecular flexibility index (Phi) is 4.66. The molecule has 0 fully saturated rings. The number of aromatic nitrogens is 2. The van der Waals surface area contributed by atoms with Gasteiger partial charge < -0.3 is 9.52 Å². The Morgan fingerprint density at radius 1 is 1.35 bits per heavy atom. The Labute approximate surface area is 101 Å². The van der Waals surface area contributed by atoms with Crippen LogP contribution in [0.2, 0.25) is 0 Å². The number of aliphatic carboxylic acids is 1. The van der Waals surface area contributed by atoms with E-state index in [1.807, 2.05) is 13.8 Å². The molecular formula is C12H20N2O3. The third kappa shape index (κ3) is 4.97. The van der Waals surface area contributed by atoms with Crippen molar-refractivity contribution in [2.24, 2.45) is 5.41 Å². The second kappa shape index (κ2) is 5.80. The van der Waals surface area contributed by atoms with Crippen molar-refractivity contribution in [1.29, 1.82) is 0 Å². The third-order valence-electron chi connectivity index (χ3n) is 2.51. The van der Waals surface area contributed by atoms with Gasteiger partial charge in [-0.3, -0.25) is 4.79 Å². The molecule has 5 nitrogen and oxygen atoms in total. The number of unbranched alkanes of at least 4 members (excludes halogenated alkanes) is 1. The van der Waals surface area contributed by atoms with Gasteiger partial charge in [0.1, 0.15) is 0 Å². The normalized spacial score (nSPS) is 11.7. The number of carbonyl (C=O) groups is 1. The molecule has 0 aliphatic heterocycles. The van der Waals surface area contributed by atoms with Crippen molar-refractivity contribution in [3.05, 3.63) is 11.8 Å². The van der Waals surface area contributed by atoms with E-state index < -0.39 is 5.97 Å². The van der Waals surface area contributed by atoms with Crippen molar-refractivity contribution >= 4 is 5.97 Å². The molecule has 1 rings (SSSR count). The lowest BCUT2D eigenvalue weighted by atomic mass is 9.86. The van der Waals surface area contributed by atoms with Crippen molar-refractivity contribution in [1.82, 2.24) is 10.2 Å². The van der Waals surface area contributed by atoms with Crippen LogP contribution >= 0.6 is 0 Å². The summed E-state index contributed by atoms with van der Waals surface area (Å²) < 4.78 is 5.49. The topological polar surface area (TPSA) is 76.2 Å². The molecular weight excluding hydrogens is 220 g/mol. The zero-order chi connectivity index (χ0) is 12.9. The first-order chi connectivity index (χ1) is 7.93. The van der Waals surface area contributed by atoms with Crippen LogP contribution in [0.3, 0.4) is 0 Å². The fraction of sp³-hybridized carbons (Fsp3) is 0.750. The number of hydrogen-bond donors (Lipinski definition) is 1. The van der Waals surface area contributed by atoms with E-state index in [-0.39, 0.29) is 11.8 Å². The molecule has 0 amide bonds. The Morgan fingerprint density at radius 3 is 2.59 bits per heavy atom. The van der Waals surface area contributed by atoms with E-state index in [1.165, 1.54) is 0 Å². The first-order valence-electron chi connectivity index (χ1n) is 5.96. The van der Waals surface area contributed by atoms with E-state index in [2.05, 4.69) is 17.1 Å². The maximum absolute atomic E-state index is 10.7. The largest absolute Gasteiger partial charge is 0.481 e. The van der Waals surface area contributed by atoms with E-state index in [4.69, 9.17) is 9.52 Å². The van der Waals surface area contributed by atoms with Gasteiger partial charge in [-0.25, -0.2) is 0 Å². The number of carboxylic acids is 1. The molecule has 5 heteroatoms. The first-order valence-corrected chi connectivity index (χ1v) is 5.96. The molecule has 1 heterocycles. The Bertz CT molecular complexity index is 372. The minimum absolute atomic E-state index is 0.0969. The Hall–Kier alpha value is -1.39. The molecule has 1 aromatic heterocycles. The van der Waals surface area contributed by atoms with Gasteiger partial charge in [0.05, 0.1) is 6.42 Å². The lowest BCUT2D eigenvalue weighted by molar-refractivity contribution is -0.139. The van der Waals surface area contributed by atoms with Gasteiger partial charge in [0.2, 0.25) is 11.8 Å². The minimum Gasteiger partial charge on any atom is -0.481 e. The monoisotopic (exact) mass is 240 g/mol. The third-order valence-corrected chi connectivity index (χ3v) is 2.51. The van der Waals surface area contributed by atoms with Crippen molar-refractivity contribution in [3.8, 4) is 0 Å². The van der Waals surface area contributed by atoms with Gasteiger partial charge in [0.15, 0.2) is 0 Å². The maximum atomic E-state index is 10.7. The van der Waals surface area contributed by atoms with E-state index >= 15 is 0 Å². The average molecular weight is 240 g/mol. The van der Waals surface area contributed by atoms with E-state index in [0.29, 0.717) is 18.2 Å². The highest BCUT2D eigenvalue weighted by Gasteiger charge is 2.25. The summed E-state index contributed by atoms with van der Waals surface area (Å²) in [5, 5.41) is 16.7. The Morgan fingerprint density at radius 2 is 2.00 bits per heavy atom. The van der Waals surface area contributed by atoms with Crippen LogP contribution in [0, 0.1) is 5.41 Å². The van der Waals surface area contributed by atoms with E-state index in [1.54, 1.807) is 0 Å². The summed E-state index contributed by atoms with van der Waals surface area (Å²) in [6.45, 7) is 5.88. The van der Waals surface area contributed by atoms with Gasteiger partial charge in [0.25, 0.3) is 0 Å². The predicted octanol–water partition coefficient (Wildman–Crippen LogP) is 2.46. The zero-order valence-electron chi connectivity index (χ0n) is 10.7. The van der Waals surface area contributed by atoms with Gasteiger partial charge in [-0.05, 0) is 11.8 Å². The summed E-state index contributed by atoms with van der Waals surface area (Å²) in [5.74, 6) is 0.371. The molecule has 0 aromatic carbocycles. The van der Waals surface area contributed by atoms with Gasteiger partial charge in [-0.1, -0.05) is 27.2 Å². The van der Waals surface area contributed by atoms with Crippen LogP contribution < -0.4 is 0 Å². The molecule has 0 bridgehead atoms. The van der Waals surface area contributed by atoms with Crippen molar-refractivity contribution < 1.29 is 14.3 Å². The predicted molar refractivity (Wildman–Crippen MR) is 62.6 cm³/mol. The van der Waals surface area contributed by atoms with E-state index in [0.717, 1.165) is 19.3 Å². The van der Waals surface area contributed by atoms with Gasteiger partial charge >= 0.3 is 5.97 Å². The van der Waals surface area contributed by atoms with Crippen LogP contribution in [-0.2, 0) is 17.6 Å². The fourth-order valence-electron chi connectivity index (χ4n) is 1.67. The molecule has 96 valence electrons. The van der Waals surface area contributed by atoms with Crippen LogP contribution in [0.1, 0.15) is 51.8 Å². The fourth-order valence-corrected chi connectivity index (χ4v) is 1.67. The highest BCUT2D eigenvalue weighted by Crippen LogP contribution is 2.25. The molecule has 0 saturated carbocycles. The van der Waals surface area contributed by atoms with Crippen LogP contribution in [0.4, 0.5) is 0 Å². The minimum atomic E-state index is -0.805. The number of nitrogens with zero attached hydrogens (tertiary/aromatic N) is 2. The summed E-state index contributed by atoms with van der Waals surface area (Å²) in [6, 6.07) is 0. The van der Waals surface area contributed by atoms with E-state index in [9.17, 15) is 4.79 Å². The molecule has 0 atom stereocenters. The summed E-state index contributed by atoms with van der Waals surface area (Å²) >= 11 is 0. The first kappa shape index (κ1) is 13.7. The number of hydrogen-bond acceptors (Lipinski definition) is 4. The maximum Gasteiger partial charge on any atom is 0.303 e. The summed E-state index contributed by atoms with van der Waals surface area (Å²) in [6.07, 6.45) is 3.50. The Balaban J connectivity index is 2.56. The molecule has 0 aliphatic carbocycles. The molecule has 1 N–H and O–H groups in total. The summed E-state index contributed by atoms with van der Waals surface area (Å²) in [4.78, 5) is 10.7. The molecule has 0 unspecified atom stereocenters. The quantitative estimate of drug-likeness (QED) is 0.792. The van der Waals surface area contributed by atoms with Crippen LogP contribution in [0.15, 0.2) is 4.42 Å². The lowest BCUT2D eigenvalue weighted by Crippen LogP contribution is -2.19. The molecule has 0 spiro atoms. The summed E-state index contributed by atoms with van der Waals surface area (Å²) in [7, 11) is 0. The molecule has 0 radical (unpaired) electrons. The molecule has 1 aromatic rings. The standard InChI is InChI=1S/C12H20N2O3/c1-4-5-6-9-13-14-10(17-9)7-12(2,3)8-11(15)16/h4-8H2,1-3H3,(H,15,16). The van der Waals surface area contributed by atoms with Crippen molar-refractivity contribution in [3.63, 3.8) is 0 Å². The smallest absolute Gasteiger partial charge is 0.303 e. The summed E-state index contributed by atoms with van der Waals surface area (Å²) in [5.41, 5.74) is -0.361. The highest BCUT2D eigenvalue weighted by molar-refractivity contribution is 5.67. The van der Waals surface area contributed by atoms with Gasteiger partial charge in [0, 0.05) is 12.8 Å². The highest BCUT2D eigenvalue weighted by atomic mass is 16.4. The number of rotatable bonds is 7. The number of aryl methyl sites for hydroxylation is 1. The second-order valence-corrected chi connectivity index (χ2v) is 5.10.